The molecule has 3 unspecified atom stereocenters. The molecular formula is C13H20N2O2S2. The first-order valence-corrected chi connectivity index (χ1v) is 9.26. The van der Waals surface area contributed by atoms with Crippen molar-refractivity contribution in [3.63, 3.8) is 0 Å². The third kappa shape index (κ3) is 3.28. The Morgan fingerprint density at radius 1 is 1.16 bits per heavy atom. The van der Waals surface area contributed by atoms with E-state index in [-0.39, 0.29) is 12.0 Å². The van der Waals surface area contributed by atoms with Crippen LogP contribution < -0.4 is 0 Å². The second kappa shape index (κ2) is 6.50. The van der Waals surface area contributed by atoms with Gasteiger partial charge in [-0.25, -0.2) is 0 Å². The van der Waals surface area contributed by atoms with Crippen molar-refractivity contribution in [1.82, 2.24) is 10.1 Å². The first-order valence-electron chi connectivity index (χ1n) is 7.05. The zero-order valence-corrected chi connectivity index (χ0v) is 12.6. The highest BCUT2D eigenvalue weighted by Crippen LogP contribution is 2.37. The zero-order valence-electron chi connectivity index (χ0n) is 11.0. The fraction of sp³-hybridized carbons (Fsp3) is 0.846. The summed E-state index contributed by atoms with van der Waals surface area (Å²) < 4.78 is 5.44. The number of nitrogens with zero attached hydrogens (tertiary/aromatic N) is 2. The molecule has 0 amide bonds. The monoisotopic (exact) mass is 300 g/mol. The zero-order chi connectivity index (χ0) is 13.1. The molecule has 1 aromatic rings. The SMILES string of the molecule is OC1CCCCCC1c1nc(C2CSCCS2)no1. The van der Waals surface area contributed by atoms with Crippen LogP contribution in [0.3, 0.4) is 0 Å². The molecule has 0 aromatic carbocycles. The lowest BCUT2D eigenvalue weighted by atomic mass is 9.97. The van der Waals surface area contributed by atoms with E-state index in [0.29, 0.717) is 11.1 Å². The molecule has 1 saturated carbocycles. The number of thioether (sulfide) groups is 2. The van der Waals surface area contributed by atoms with Gasteiger partial charge in [0.25, 0.3) is 0 Å². The molecule has 19 heavy (non-hydrogen) atoms. The molecule has 0 bridgehead atoms. The fourth-order valence-corrected chi connectivity index (χ4v) is 5.33. The summed E-state index contributed by atoms with van der Waals surface area (Å²) in [7, 11) is 0. The third-order valence-corrected chi connectivity index (χ3v) is 6.61. The van der Waals surface area contributed by atoms with Gasteiger partial charge in [-0.3, -0.25) is 0 Å². The number of hydrogen-bond donors (Lipinski definition) is 1. The molecule has 1 aliphatic heterocycles. The van der Waals surface area contributed by atoms with Gasteiger partial charge in [0, 0.05) is 17.3 Å². The van der Waals surface area contributed by atoms with Crippen LogP contribution in [-0.4, -0.2) is 38.6 Å². The van der Waals surface area contributed by atoms with Crippen molar-refractivity contribution in [2.75, 3.05) is 17.3 Å². The van der Waals surface area contributed by atoms with Gasteiger partial charge in [-0.2, -0.15) is 16.7 Å². The summed E-state index contributed by atoms with van der Waals surface area (Å²) in [6, 6.07) is 0. The number of aliphatic hydroxyl groups excluding tert-OH is 1. The van der Waals surface area contributed by atoms with Crippen molar-refractivity contribution in [3.8, 4) is 0 Å². The molecule has 1 saturated heterocycles. The van der Waals surface area contributed by atoms with E-state index in [1.54, 1.807) is 0 Å². The van der Waals surface area contributed by atoms with Gasteiger partial charge >= 0.3 is 0 Å². The summed E-state index contributed by atoms with van der Waals surface area (Å²) in [6.07, 6.45) is 4.96. The van der Waals surface area contributed by atoms with Crippen LogP contribution in [0, 0.1) is 0 Å². The van der Waals surface area contributed by atoms with Crippen molar-refractivity contribution < 1.29 is 9.63 Å². The van der Waals surface area contributed by atoms with Crippen LogP contribution in [0.25, 0.3) is 0 Å². The third-order valence-electron chi connectivity index (χ3n) is 3.86. The standard InChI is InChI=1S/C13H20N2O2S2/c16-10-5-3-1-2-4-9(10)13-14-12(15-17-13)11-8-18-6-7-19-11/h9-11,16H,1-8H2. The van der Waals surface area contributed by atoms with Gasteiger partial charge in [-0.05, 0) is 12.8 Å². The van der Waals surface area contributed by atoms with Crippen molar-refractivity contribution in [1.29, 1.82) is 0 Å². The molecule has 3 atom stereocenters. The van der Waals surface area contributed by atoms with Crippen LogP contribution in [0.2, 0.25) is 0 Å². The Morgan fingerprint density at radius 2 is 2.05 bits per heavy atom. The van der Waals surface area contributed by atoms with Gasteiger partial charge in [-0.1, -0.05) is 24.4 Å². The number of aromatic nitrogens is 2. The minimum absolute atomic E-state index is 0.0463. The average molecular weight is 300 g/mol. The Kier molecular flexibility index (Phi) is 4.71. The molecule has 3 rings (SSSR count). The Bertz CT molecular complexity index is 407. The molecule has 106 valence electrons. The molecule has 2 heterocycles. The largest absolute Gasteiger partial charge is 0.392 e. The van der Waals surface area contributed by atoms with E-state index in [1.807, 2.05) is 23.5 Å². The second-order valence-corrected chi connectivity index (χ2v) is 7.70. The summed E-state index contributed by atoms with van der Waals surface area (Å²) in [4.78, 5) is 4.58. The lowest BCUT2D eigenvalue weighted by Crippen LogP contribution is -2.17. The highest BCUT2D eigenvalue weighted by molar-refractivity contribution is 8.06. The topological polar surface area (TPSA) is 59.2 Å². The predicted octanol–water partition coefficient (Wildman–Crippen LogP) is 3.00. The maximum Gasteiger partial charge on any atom is 0.232 e. The second-order valence-electron chi connectivity index (χ2n) is 5.24. The summed E-state index contributed by atoms with van der Waals surface area (Å²) >= 11 is 3.87. The molecule has 1 N–H and O–H groups in total. The van der Waals surface area contributed by atoms with Crippen LogP contribution in [-0.2, 0) is 0 Å². The van der Waals surface area contributed by atoms with Crippen LogP contribution in [0.1, 0.15) is 55.0 Å². The van der Waals surface area contributed by atoms with Crippen LogP contribution in [0.15, 0.2) is 4.52 Å². The maximum absolute atomic E-state index is 10.2. The quantitative estimate of drug-likeness (QED) is 0.847. The van der Waals surface area contributed by atoms with Crippen molar-refractivity contribution >= 4 is 23.5 Å². The highest BCUT2D eigenvalue weighted by atomic mass is 32.2. The van der Waals surface area contributed by atoms with Gasteiger partial charge in [-0.15, -0.1) is 11.8 Å². The van der Waals surface area contributed by atoms with Gasteiger partial charge < -0.3 is 9.63 Å². The first kappa shape index (κ1) is 13.8. The van der Waals surface area contributed by atoms with Crippen LogP contribution >= 0.6 is 23.5 Å². The van der Waals surface area contributed by atoms with Crippen LogP contribution in [0.4, 0.5) is 0 Å². The fourth-order valence-electron chi connectivity index (χ4n) is 2.74. The minimum atomic E-state index is -0.316. The first-order chi connectivity index (χ1) is 9.34. The Balaban J connectivity index is 1.72. The molecule has 2 fully saturated rings. The lowest BCUT2D eigenvalue weighted by molar-refractivity contribution is 0.119. The Morgan fingerprint density at radius 3 is 2.89 bits per heavy atom. The van der Waals surface area contributed by atoms with Crippen molar-refractivity contribution in [2.45, 2.75) is 49.4 Å². The molecule has 6 heteroatoms. The van der Waals surface area contributed by atoms with Crippen molar-refractivity contribution in [2.24, 2.45) is 0 Å². The Hall–Kier alpha value is -0.200. The van der Waals surface area contributed by atoms with E-state index in [0.717, 1.165) is 43.0 Å². The van der Waals surface area contributed by atoms with Gasteiger partial charge in [0.05, 0.1) is 17.3 Å². The van der Waals surface area contributed by atoms with Crippen molar-refractivity contribution in [3.05, 3.63) is 11.7 Å². The Labute approximate surface area is 122 Å². The van der Waals surface area contributed by atoms with Crippen LogP contribution in [0.5, 0.6) is 0 Å². The molecule has 1 aliphatic carbocycles. The van der Waals surface area contributed by atoms with Gasteiger partial charge in [0.1, 0.15) is 0 Å². The smallest absolute Gasteiger partial charge is 0.232 e. The van der Waals surface area contributed by atoms with E-state index < -0.39 is 0 Å². The molecule has 1 aromatic heterocycles. The summed E-state index contributed by atoms with van der Waals surface area (Å²) in [5.74, 6) is 4.96. The summed E-state index contributed by atoms with van der Waals surface area (Å²) in [5, 5.41) is 14.7. The van der Waals surface area contributed by atoms with E-state index in [1.165, 1.54) is 12.2 Å². The minimum Gasteiger partial charge on any atom is -0.392 e. The number of aliphatic hydroxyl groups is 1. The number of rotatable bonds is 2. The predicted molar refractivity (Wildman–Crippen MR) is 78.7 cm³/mol. The molecule has 4 nitrogen and oxygen atoms in total. The summed E-state index contributed by atoms with van der Waals surface area (Å²) in [5.41, 5.74) is 0. The highest BCUT2D eigenvalue weighted by Gasteiger charge is 2.30. The van der Waals surface area contributed by atoms with E-state index in [9.17, 15) is 5.11 Å². The normalized spacial score (nSPS) is 33.0. The molecule has 2 aliphatic rings. The van der Waals surface area contributed by atoms with E-state index in [4.69, 9.17) is 4.52 Å². The van der Waals surface area contributed by atoms with Gasteiger partial charge in [0.15, 0.2) is 5.82 Å². The molecule has 0 spiro atoms. The van der Waals surface area contributed by atoms with E-state index in [2.05, 4.69) is 10.1 Å². The number of hydrogen-bond acceptors (Lipinski definition) is 6. The van der Waals surface area contributed by atoms with Gasteiger partial charge in [0.2, 0.25) is 5.89 Å². The maximum atomic E-state index is 10.2. The van der Waals surface area contributed by atoms with E-state index >= 15 is 0 Å². The summed E-state index contributed by atoms with van der Waals surface area (Å²) in [6.45, 7) is 0. The molecule has 0 radical (unpaired) electrons. The lowest BCUT2D eigenvalue weighted by Gasteiger charge is -2.17. The average Bonchev–Trinajstić information content (AvgIpc) is 2.83. The molecular weight excluding hydrogens is 280 g/mol.